The average Bonchev–Trinajstić information content (AvgIpc) is 3.20. The molecular formula is C24H26Cl2N4O2. The average molecular weight is 473 g/mol. The molecule has 4 rings (SSSR count). The van der Waals surface area contributed by atoms with E-state index in [1.54, 1.807) is 0 Å². The molecule has 0 N–H and O–H groups in total. The summed E-state index contributed by atoms with van der Waals surface area (Å²) in [4.78, 5) is 19.2. The Morgan fingerprint density at radius 1 is 1.12 bits per heavy atom. The predicted molar refractivity (Wildman–Crippen MR) is 127 cm³/mol. The second kappa shape index (κ2) is 11.7. The first-order chi connectivity index (χ1) is 14.7. The number of nitrogens with zero attached hydrogens (tertiary/aromatic N) is 4. The summed E-state index contributed by atoms with van der Waals surface area (Å²) < 4.78 is 7.45. The zero-order valence-electron chi connectivity index (χ0n) is 17.8. The lowest BCUT2D eigenvalue weighted by Gasteiger charge is -2.35. The minimum atomic E-state index is -0.307. The van der Waals surface area contributed by atoms with Crippen molar-refractivity contribution in [2.45, 2.75) is 39.0 Å². The minimum absolute atomic E-state index is 0. The summed E-state index contributed by atoms with van der Waals surface area (Å²) in [5.74, 6) is -0.176. The summed E-state index contributed by atoms with van der Waals surface area (Å²) in [6.07, 6.45) is 4.32. The van der Waals surface area contributed by atoms with E-state index < -0.39 is 0 Å². The van der Waals surface area contributed by atoms with Crippen LogP contribution in [0.15, 0.2) is 61.1 Å². The van der Waals surface area contributed by atoms with Gasteiger partial charge < -0.3 is 9.30 Å². The molecule has 1 aliphatic heterocycles. The zero-order chi connectivity index (χ0) is 20.9. The Morgan fingerprint density at radius 3 is 2.53 bits per heavy atom. The van der Waals surface area contributed by atoms with Crippen LogP contribution in [0.4, 0.5) is 0 Å². The zero-order valence-corrected chi connectivity index (χ0v) is 19.4. The summed E-state index contributed by atoms with van der Waals surface area (Å²) in [6.45, 7) is 4.18. The second-order valence-corrected chi connectivity index (χ2v) is 7.47. The smallest absolute Gasteiger partial charge is 0.323 e. The highest BCUT2D eigenvalue weighted by atomic mass is 35.5. The maximum atomic E-state index is 12.7. The third-order valence-electron chi connectivity index (χ3n) is 5.50. The van der Waals surface area contributed by atoms with E-state index in [-0.39, 0.29) is 36.8 Å². The van der Waals surface area contributed by atoms with Crippen LogP contribution in [0.2, 0.25) is 0 Å². The van der Waals surface area contributed by atoms with Crippen LogP contribution < -0.4 is 0 Å². The molecule has 1 atom stereocenters. The van der Waals surface area contributed by atoms with E-state index >= 15 is 0 Å². The Labute approximate surface area is 200 Å². The number of carbonyl (C=O) groups excluding carboxylic acids is 1. The Balaban J connectivity index is 0.00000181. The van der Waals surface area contributed by atoms with Gasteiger partial charge in [-0.1, -0.05) is 36.4 Å². The summed E-state index contributed by atoms with van der Waals surface area (Å²) >= 11 is 0. The fraction of sp³-hybridized carbons (Fsp3) is 0.292. The van der Waals surface area contributed by atoms with E-state index in [1.807, 2.05) is 55.8 Å². The number of hydrogen-bond donors (Lipinski definition) is 0. The first-order valence-electron chi connectivity index (χ1n) is 10.1. The Kier molecular flexibility index (Phi) is 9.27. The van der Waals surface area contributed by atoms with E-state index in [9.17, 15) is 4.79 Å². The van der Waals surface area contributed by atoms with Crippen LogP contribution in [0.1, 0.15) is 34.9 Å². The van der Waals surface area contributed by atoms with Gasteiger partial charge in [-0.3, -0.25) is 9.69 Å². The fourth-order valence-corrected chi connectivity index (χ4v) is 3.93. The van der Waals surface area contributed by atoms with Gasteiger partial charge >= 0.3 is 5.97 Å². The molecule has 6 nitrogen and oxygen atoms in total. The topological polar surface area (TPSA) is 71.2 Å². The van der Waals surface area contributed by atoms with E-state index in [4.69, 9.17) is 10.00 Å². The number of benzene rings is 2. The molecule has 0 bridgehead atoms. The molecule has 32 heavy (non-hydrogen) atoms. The van der Waals surface area contributed by atoms with Gasteiger partial charge in [-0.2, -0.15) is 5.26 Å². The van der Waals surface area contributed by atoms with Gasteiger partial charge in [0.05, 0.1) is 30.3 Å². The molecule has 3 aromatic rings. The lowest BCUT2D eigenvalue weighted by Crippen LogP contribution is -2.46. The van der Waals surface area contributed by atoms with Crippen molar-refractivity contribution in [2.75, 3.05) is 6.61 Å². The van der Waals surface area contributed by atoms with Crippen LogP contribution in [0, 0.1) is 11.3 Å². The normalized spacial score (nSPS) is 14.9. The Morgan fingerprint density at radius 2 is 1.84 bits per heavy atom. The molecule has 0 amide bonds. The molecule has 0 saturated heterocycles. The first-order valence-corrected chi connectivity index (χ1v) is 10.1. The molecule has 0 aliphatic carbocycles. The standard InChI is InChI=1S/C24H24N4O2.2ClH/c1-2-30-24(29)23-11-20-5-3-4-6-21(20)15-27(23)16-22-13-26-17-28(22)14-19-9-7-18(12-25)8-10-19;;/h3-10,13,17,23H,2,11,14-16H2,1H3;2*1H/t23-;;/m1../s1. The summed E-state index contributed by atoms with van der Waals surface area (Å²) in [6, 6.07) is 17.7. The molecule has 0 spiro atoms. The third kappa shape index (κ3) is 5.68. The fourth-order valence-electron chi connectivity index (χ4n) is 3.93. The van der Waals surface area contributed by atoms with Crippen LogP contribution in [-0.2, 0) is 35.6 Å². The molecule has 2 heterocycles. The monoisotopic (exact) mass is 472 g/mol. The number of aromatic nitrogens is 2. The maximum Gasteiger partial charge on any atom is 0.323 e. The highest BCUT2D eigenvalue weighted by molar-refractivity contribution is 5.85. The van der Waals surface area contributed by atoms with Crippen LogP contribution in [0.3, 0.4) is 0 Å². The largest absolute Gasteiger partial charge is 0.465 e. The van der Waals surface area contributed by atoms with Crippen molar-refractivity contribution in [1.82, 2.24) is 14.5 Å². The van der Waals surface area contributed by atoms with Crippen molar-refractivity contribution in [1.29, 1.82) is 5.26 Å². The second-order valence-electron chi connectivity index (χ2n) is 7.47. The summed E-state index contributed by atoms with van der Waals surface area (Å²) in [5, 5.41) is 8.98. The molecule has 1 aliphatic rings. The molecule has 1 aromatic heterocycles. The van der Waals surface area contributed by atoms with Gasteiger partial charge in [-0.15, -0.1) is 24.8 Å². The van der Waals surface area contributed by atoms with Crippen molar-refractivity contribution in [2.24, 2.45) is 0 Å². The van der Waals surface area contributed by atoms with E-state index in [1.165, 1.54) is 11.1 Å². The SMILES string of the molecule is CCOC(=O)[C@H]1Cc2ccccc2CN1Cc1cncn1Cc1ccc(C#N)cc1.Cl.Cl. The van der Waals surface area contributed by atoms with E-state index in [0.29, 0.717) is 38.2 Å². The Bertz CT molecular complexity index is 1080. The van der Waals surface area contributed by atoms with Crippen molar-refractivity contribution >= 4 is 30.8 Å². The molecule has 0 unspecified atom stereocenters. The number of rotatable bonds is 6. The number of hydrogen-bond acceptors (Lipinski definition) is 5. The van der Waals surface area contributed by atoms with Crippen molar-refractivity contribution < 1.29 is 9.53 Å². The van der Waals surface area contributed by atoms with E-state index in [0.717, 1.165) is 11.3 Å². The van der Waals surface area contributed by atoms with Crippen molar-refractivity contribution in [3.63, 3.8) is 0 Å². The maximum absolute atomic E-state index is 12.7. The first kappa shape index (κ1) is 25.4. The number of imidazole rings is 1. The van der Waals surface area contributed by atoms with Crippen LogP contribution in [-0.4, -0.2) is 33.1 Å². The quantitative estimate of drug-likeness (QED) is 0.504. The molecule has 2 aromatic carbocycles. The predicted octanol–water partition coefficient (Wildman–Crippen LogP) is 4.14. The number of carbonyl (C=O) groups is 1. The highest BCUT2D eigenvalue weighted by Gasteiger charge is 2.33. The van der Waals surface area contributed by atoms with Gasteiger partial charge in [0.1, 0.15) is 6.04 Å². The van der Waals surface area contributed by atoms with Crippen LogP contribution >= 0.6 is 24.8 Å². The molecular weight excluding hydrogens is 447 g/mol. The van der Waals surface area contributed by atoms with Gasteiger partial charge in [-0.25, -0.2) is 4.98 Å². The lowest BCUT2D eigenvalue weighted by molar-refractivity contribution is -0.150. The molecule has 0 saturated carbocycles. The highest BCUT2D eigenvalue weighted by Crippen LogP contribution is 2.26. The number of fused-ring (bicyclic) bond motifs is 1. The van der Waals surface area contributed by atoms with Gasteiger partial charge in [0, 0.05) is 25.8 Å². The number of nitriles is 1. The molecule has 8 heteroatoms. The minimum Gasteiger partial charge on any atom is -0.465 e. The van der Waals surface area contributed by atoms with Crippen LogP contribution in [0.5, 0.6) is 0 Å². The number of esters is 1. The number of halogens is 2. The van der Waals surface area contributed by atoms with Gasteiger partial charge in [0.25, 0.3) is 0 Å². The molecule has 0 fully saturated rings. The summed E-state index contributed by atoms with van der Waals surface area (Å²) in [7, 11) is 0. The lowest BCUT2D eigenvalue weighted by atomic mass is 9.94. The Hall–Kier alpha value is -2.85. The van der Waals surface area contributed by atoms with Gasteiger partial charge in [-0.05, 0) is 42.2 Å². The summed E-state index contributed by atoms with van der Waals surface area (Å²) in [5.41, 5.74) is 5.23. The third-order valence-corrected chi connectivity index (χ3v) is 5.50. The van der Waals surface area contributed by atoms with Crippen molar-refractivity contribution in [3.05, 3.63) is 89.0 Å². The van der Waals surface area contributed by atoms with Gasteiger partial charge in [0.2, 0.25) is 0 Å². The van der Waals surface area contributed by atoms with E-state index in [2.05, 4.69) is 32.7 Å². The molecule has 0 radical (unpaired) electrons. The molecule has 168 valence electrons. The number of ether oxygens (including phenoxy) is 1. The van der Waals surface area contributed by atoms with Crippen molar-refractivity contribution in [3.8, 4) is 6.07 Å². The van der Waals surface area contributed by atoms with Gasteiger partial charge in [0.15, 0.2) is 0 Å². The van der Waals surface area contributed by atoms with Crippen LogP contribution in [0.25, 0.3) is 0 Å².